The number of hydrogen-bond donors (Lipinski definition) is 2. The van der Waals surface area contributed by atoms with Crippen LogP contribution in [0, 0.1) is 16.0 Å². The first-order valence-electron chi connectivity index (χ1n) is 7.57. The Kier molecular flexibility index (Phi) is 5.30. The van der Waals surface area contributed by atoms with E-state index in [9.17, 15) is 10.1 Å². The smallest absolute Gasteiger partial charge is 0.353 e. The van der Waals surface area contributed by atoms with Crippen LogP contribution >= 0.6 is 0 Å². The number of nitrogens with one attached hydrogen (secondary N) is 2. The van der Waals surface area contributed by atoms with Gasteiger partial charge in [-0.2, -0.15) is 0 Å². The van der Waals surface area contributed by atoms with Crippen molar-refractivity contribution in [2.75, 3.05) is 17.2 Å². The van der Waals surface area contributed by atoms with Crippen molar-refractivity contribution in [1.29, 1.82) is 0 Å². The third-order valence-electron chi connectivity index (χ3n) is 3.71. The Balaban J connectivity index is 2.13. The van der Waals surface area contributed by atoms with Crippen LogP contribution in [0.15, 0.2) is 6.33 Å². The van der Waals surface area contributed by atoms with Gasteiger partial charge in [-0.25, -0.2) is 9.97 Å². The number of aromatic nitrogens is 2. The summed E-state index contributed by atoms with van der Waals surface area (Å²) in [5, 5.41) is 17.6. The number of hydrogen-bond acceptors (Lipinski definition) is 6. The highest BCUT2D eigenvalue weighted by Crippen LogP contribution is 2.31. The van der Waals surface area contributed by atoms with Crippen molar-refractivity contribution in [2.24, 2.45) is 5.92 Å². The van der Waals surface area contributed by atoms with Crippen molar-refractivity contribution >= 4 is 17.3 Å². The first kappa shape index (κ1) is 15.5. The summed E-state index contributed by atoms with van der Waals surface area (Å²) in [6.07, 6.45) is 6.72. The molecule has 1 aromatic heterocycles. The molecule has 2 N–H and O–H groups in total. The van der Waals surface area contributed by atoms with Crippen LogP contribution in [0.4, 0.5) is 17.3 Å². The molecule has 0 aliphatic heterocycles. The molecule has 0 atom stereocenters. The summed E-state index contributed by atoms with van der Waals surface area (Å²) < 4.78 is 0. The Morgan fingerprint density at radius 1 is 1.33 bits per heavy atom. The first-order valence-corrected chi connectivity index (χ1v) is 7.57. The van der Waals surface area contributed by atoms with Crippen LogP contribution in [0.1, 0.15) is 46.0 Å². The topological polar surface area (TPSA) is 93.0 Å². The van der Waals surface area contributed by atoms with Gasteiger partial charge in [-0.1, -0.05) is 26.7 Å². The predicted molar refractivity (Wildman–Crippen MR) is 82.5 cm³/mol. The van der Waals surface area contributed by atoms with Gasteiger partial charge in [0.1, 0.15) is 6.33 Å². The molecular weight excluding hydrogens is 270 g/mol. The molecule has 2 rings (SSSR count). The van der Waals surface area contributed by atoms with Gasteiger partial charge >= 0.3 is 5.69 Å². The van der Waals surface area contributed by atoms with Gasteiger partial charge in [-0.3, -0.25) is 10.1 Å². The van der Waals surface area contributed by atoms with Crippen molar-refractivity contribution in [3.63, 3.8) is 0 Å². The third-order valence-corrected chi connectivity index (χ3v) is 3.71. The maximum atomic E-state index is 11.4. The van der Waals surface area contributed by atoms with E-state index in [1.807, 2.05) is 0 Å². The second-order valence-corrected chi connectivity index (χ2v) is 5.91. The molecule has 7 nitrogen and oxygen atoms in total. The molecule has 1 aromatic rings. The minimum Gasteiger partial charge on any atom is -0.364 e. The fourth-order valence-electron chi connectivity index (χ4n) is 2.53. The highest BCUT2D eigenvalue weighted by atomic mass is 16.6. The maximum absolute atomic E-state index is 11.4. The largest absolute Gasteiger partial charge is 0.364 e. The van der Waals surface area contributed by atoms with E-state index in [0.717, 1.165) is 32.1 Å². The van der Waals surface area contributed by atoms with Crippen molar-refractivity contribution in [3.8, 4) is 0 Å². The number of rotatable bonds is 7. The van der Waals surface area contributed by atoms with Crippen LogP contribution < -0.4 is 10.6 Å². The van der Waals surface area contributed by atoms with Gasteiger partial charge in [0.05, 0.1) is 4.92 Å². The highest BCUT2D eigenvalue weighted by Gasteiger charge is 2.25. The summed E-state index contributed by atoms with van der Waals surface area (Å²) in [7, 11) is 0. The number of nitro groups is 1. The molecule has 0 spiro atoms. The Morgan fingerprint density at radius 3 is 2.62 bits per heavy atom. The molecule has 0 aromatic carbocycles. The summed E-state index contributed by atoms with van der Waals surface area (Å²) in [6, 6.07) is 0.280. The van der Waals surface area contributed by atoms with Crippen LogP contribution in [0.25, 0.3) is 0 Å². The van der Waals surface area contributed by atoms with Crippen LogP contribution in [0.5, 0.6) is 0 Å². The molecule has 0 radical (unpaired) electrons. The Morgan fingerprint density at radius 2 is 2.00 bits per heavy atom. The predicted octanol–water partition coefficient (Wildman–Crippen LogP) is 3.20. The van der Waals surface area contributed by atoms with E-state index in [1.165, 1.54) is 6.33 Å². The second-order valence-electron chi connectivity index (χ2n) is 5.91. The van der Waals surface area contributed by atoms with E-state index in [4.69, 9.17) is 0 Å². The average molecular weight is 293 g/mol. The normalized spacial score (nSPS) is 15.4. The molecule has 0 bridgehead atoms. The van der Waals surface area contributed by atoms with Gasteiger partial charge in [0.25, 0.3) is 0 Å². The lowest BCUT2D eigenvalue weighted by atomic mass is 10.1. The van der Waals surface area contributed by atoms with Gasteiger partial charge in [0, 0.05) is 12.6 Å². The van der Waals surface area contributed by atoms with Crippen LogP contribution in [0.3, 0.4) is 0 Å². The molecule has 7 heteroatoms. The van der Waals surface area contributed by atoms with E-state index in [2.05, 4.69) is 34.4 Å². The zero-order valence-electron chi connectivity index (χ0n) is 12.6. The zero-order valence-corrected chi connectivity index (χ0v) is 12.6. The lowest BCUT2D eigenvalue weighted by Gasteiger charge is -2.14. The van der Waals surface area contributed by atoms with Crippen LogP contribution in [0.2, 0.25) is 0 Å². The summed E-state index contributed by atoms with van der Waals surface area (Å²) in [4.78, 5) is 19.0. The number of anilines is 2. The first-order chi connectivity index (χ1) is 10.1. The molecule has 116 valence electrons. The third kappa shape index (κ3) is 4.27. The molecule has 0 unspecified atom stereocenters. The van der Waals surface area contributed by atoms with Crippen LogP contribution in [-0.2, 0) is 0 Å². The zero-order chi connectivity index (χ0) is 15.2. The molecule has 1 fully saturated rings. The lowest BCUT2D eigenvalue weighted by molar-refractivity contribution is -0.383. The maximum Gasteiger partial charge on any atom is 0.353 e. The monoisotopic (exact) mass is 293 g/mol. The summed E-state index contributed by atoms with van der Waals surface area (Å²) in [6.45, 7) is 4.89. The van der Waals surface area contributed by atoms with Gasteiger partial charge < -0.3 is 10.6 Å². The highest BCUT2D eigenvalue weighted by molar-refractivity contribution is 5.69. The molecule has 1 aliphatic rings. The Hall–Kier alpha value is -1.92. The van der Waals surface area contributed by atoms with Crippen molar-refractivity contribution in [3.05, 3.63) is 16.4 Å². The van der Waals surface area contributed by atoms with E-state index < -0.39 is 4.92 Å². The van der Waals surface area contributed by atoms with Crippen molar-refractivity contribution < 1.29 is 4.92 Å². The molecule has 1 saturated carbocycles. The number of nitrogens with zero attached hydrogens (tertiary/aromatic N) is 3. The fraction of sp³-hybridized carbons (Fsp3) is 0.714. The molecule has 1 aliphatic carbocycles. The fourth-order valence-corrected chi connectivity index (χ4v) is 2.53. The minimum atomic E-state index is -0.408. The molecule has 1 heterocycles. The molecule has 0 saturated heterocycles. The van der Waals surface area contributed by atoms with Crippen molar-refractivity contribution in [2.45, 2.75) is 52.0 Å². The molecular formula is C14H23N5O2. The summed E-state index contributed by atoms with van der Waals surface area (Å²) in [5.74, 6) is 1.17. The van der Waals surface area contributed by atoms with E-state index >= 15 is 0 Å². The summed E-state index contributed by atoms with van der Waals surface area (Å²) >= 11 is 0. The van der Waals surface area contributed by atoms with Gasteiger partial charge in [0.2, 0.25) is 11.6 Å². The standard InChI is InChI=1S/C14H23N5O2/c1-10(2)7-8-15-13-12(19(20)21)14(17-9-16-13)18-11-5-3-4-6-11/h9-11H,3-8H2,1-2H3,(H2,15,16,17,18). The minimum absolute atomic E-state index is 0.0480. The van der Waals surface area contributed by atoms with Gasteiger partial charge in [-0.15, -0.1) is 0 Å². The van der Waals surface area contributed by atoms with Crippen molar-refractivity contribution in [1.82, 2.24) is 9.97 Å². The Labute approximate surface area is 124 Å². The van der Waals surface area contributed by atoms with Crippen LogP contribution in [-0.4, -0.2) is 27.5 Å². The Bertz CT molecular complexity index is 486. The lowest BCUT2D eigenvalue weighted by Crippen LogP contribution is -2.18. The average Bonchev–Trinajstić information content (AvgIpc) is 2.91. The second kappa shape index (κ2) is 7.19. The van der Waals surface area contributed by atoms with Gasteiger partial charge in [-0.05, 0) is 25.2 Å². The quantitative estimate of drug-likeness (QED) is 0.592. The van der Waals surface area contributed by atoms with E-state index in [0.29, 0.717) is 24.1 Å². The van der Waals surface area contributed by atoms with Gasteiger partial charge in [0.15, 0.2) is 0 Å². The van der Waals surface area contributed by atoms with E-state index in [-0.39, 0.29) is 11.7 Å². The SMILES string of the molecule is CC(C)CCNc1ncnc(NC2CCCC2)c1[N+](=O)[O-]. The van der Waals surface area contributed by atoms with E-state index in [1.54, 1.807) is 0 Å². The summed E-state index contributed by atoms with van der Waals surface area (Å²) in [5.41, 5.74) is -0.0480. The molecule has 0 amide bonds. The molecule has 21 heavy (non-hydrogen) atoms.